The first-order valence-corrected chi connectivity index (χ1v) is 7.33. The highest BCUT2D eigenvalue weighted by Gasteiger charge is 2.03. The number of carbonyl (C=O) groups is 1. The van der Waals surface area contributed by atoms with Crippen molar-refractivity contribution < 1.29 is 9.18 Å². The molecule has 0 heterocycles. The van der Waals surface area contributed by atoms with Crippen LogP contribution in [0.15, 0.2) is 53.4 Å². The second-order valence-corrected chi connectivity index (χ2v) is 5.02. The van der Waals surface area contributed by atoms with Crippen LogP contribution in [0.1, 0.15) is 0 Å². The number of hydrogen-bond donors (Lipinski definition) is 2. The first-order chi connectivity index (χ1) is 9.67. The van der Waals surface area contributed by atoms with Gasteiger partial charge >= 0.3 is 0 Å². The van der Waals surface area contributed by atoms with Gasteiger partial charge in [-0.1, -0.05) is 12.1 Å². The van der Waals surface area contributed by atoms with Gasteiger partial charge in [0, 0.05) is 16.3 Å². The summed E-state index contributed by atoms with van der Waals surface area (Å²) >= 11 is 1.64. The van der Waals surface area contributed by atoms with Gasteiger partial charge in [0.2, 0.25) is 5.91 Å². The molecule has 1 amide bonds. The average molecular weight is 290 g/mol. The summed E-state index contributed by atoms with van der Waals surface area (Å²) in [6.07, 6.45) is 2.00. The monoisotopic (exact) mass is 290 g/mol. The van der Waals surface area contributed by atoms with E-state index in [1.165, 1.54) is 12.1 Å². The maximum absolute atomic E-state index is 13.0. The van der Waals surface area contributed by atoms with Gasteiger partial charge in [0.1, 0.15) is 5.82 Å². The molecule has 5 heteroatoms. The first kappa shape index (κ1) is 14.4. The Labute approximate surface area is 121 Å². The van der Waals surface area contributed by atoms with E-state index in [-0.39, 0.29) is 18.3 Å². The van der Waals surface area contributed by atoms with Crippen molar-refractivity contribution in [1.82, 2.24) is 0 Å². The molecule has 0 radical (unpaired) electrons. The average Bonchev–Trinajstić information content (AvgIpc) is 2.45. The van der Waals surface area contributed by atoms with Crippen LogP contribution in [0.5, 0.6) is 0 Å². The largest absolute Gasteiger partial charge is 0.376 e. The lowest BCUT2D eigenvalue weighted by molar-refractivity contribution is -0.114. The lowest BCUT2D eigenvalue weighted by atomic mass is 10.3. The molecule has 2 rings (SSSR count). The smallest absolute Gasteiger partial charge is 0.243 e. The number of amides is 1. The van der Waals surface area contributed by atoms with Crippen LogP contribution in [0.4, 0.5) is 15.8 Å². The van der Waals surface area contributed by atoms with Crippen molar-refractivity contribution in [2.75, 3.05) is 23.4 Å². The molecule has 0 spiro atoms. The molecular weight excluding hydrogens is 275 g/mol. The summed E-state index contributed by atoms with van der Waals surface area (Å²) in [7, 11) is 0. The van der Waals surface area contributed by atoms with E-state index in [0.29, 0.717) is 5.69 Å². The van der Waals surface area contributed by atoms with E-state index in [4.69, 9.17) is 0 Å². The van der Waals surface area contributed by atoms with Crippen LogP contribution in [0.2, 0.25) is 0 Å². The van der Waals surface area contributed by atoms with Gasteiger partial charge in [0.25, 0.3) is 0 Å². The molecule has 0 fully saturated rings. The van der Waals surface area contributed by atoms with Gasteiger partial charge in [-0.25, -0.2) is 4.39 Å². The van der Waals surface area contributed by atoms with Crippen molar-refractivity contribution in [2.24, 2.45) is 0 Å². The molecule has 2 aromatic carbocycles. The second kappa shape index (κ2) is 6.96. The zero-order valence-electron chi connectivity index (χ0n) is 11.0. The van der Waals surface area contributed by atoms with Crippen LogP contribution >= 0.6 is 11.8 Å². The highest BCUT2D eigenvalue weighted by molar-refractivity contribution is 7.98. The van der Waals surface area contributed by atoms with E-state index in [0.717, 1.165) is 10.6 Å². The van der Waals surface area contributed by atoms with Crippen LogP contribution in [0.25, 0.3) is 0 Å². The van der Waals surface area contributed by atoms with Crippen molar-refractivity contribution in [2.45, 2.75) is 4.90 Å². The van der Waals surface area contributed by atoms with Crippen molar-refractivity contribution in [1.29, 1.82) is 0 Å². The fourth-order valence-corrected chi connectivity index (χ4v) is 2.15. The molecule has 0 saturated heterocycles. The summed E-state index contributed by atoms with van der Waals surface area (Å²) < 4.78 is 13.0. The predicted octanol–water partition coefficient (Wildman–Crippen LogP) is 3.60. The van der Waals surface area contributed by atoms with Gasteiger partial charge in [0.05, 0.1) is 6.54 Å². The third-order valence-corrected chi connectivity index (χ3v) is 3.36. The lowest BCUT2D eigenvalue weighted by Crippen LogP contribution is -2.21. The molecule has 3 nitrogen and oxygen atoms in total. The molecule has 20 heavy (non-hydrogen) atoms. The molecule has 0 aliphatic carbocycles. The standard InChI is InChI=1S/C15H15FN2OS/c1-20-14-7-3-5-12(9-14)17-10-15(19)18-13-6-2-4-11(16)8-13/h2-9,17H,10H2,1H3,(H,18,19). The summed E-state index contributed by atoms with van der Waals surface area (Å²) in [6, 6.07) is 13.6. The lowest BCUT2D eigenvalue weighted by Gasteiger charge is -2.08. The Balaban J connectivity index is 1.88. The maximum atomic E-state index is 13.0. The molecule has 0 aromatic heterocycles. The van der Waals surface area contributed by atoms with Crippen molar-refractivity contribution in [3.05, 3.63) is 54.3 Å². The van der Waals surface area contributed by atoms with Crippen LogP contribution in [-0.2, 0) is 4.79 Å². The van der Waals surface area contributed by atoms with Gasteiger partial charge in [0.15, 0.2) is 0 Å². The minimum Gasteiger partial charge on any atom is -0.376 e. The van der Waals surface area contributed by atoms with Crippen molar-refractivity contribution >= 4 is 29.0 Å². The number of carbonyl (C=O) groups excluding carboxylic acids is 1. The molecule has 104 valence electrons. The van der Waals surface area contributed by atoms with Crippen LogP contribution in [0.3, 0.4) is 0 Å². The third-order valence-electron chi connectivity index (χ3n) is 2.63. The number of benzene rings is 2. The summed E-state index contributed by atoms with van der Waals surface area (Å²) in [4.78, 5) is 12.9. The van der Waals surface area contributed by atoms with Crippen LogP contribution < -0.4 is 10.6 Å². The zero-order valence-corrected chi connectivity index (χ0v) is 11.8. The van der Waals surface area contributed by atoms with Gasteiger partial charge in [-0.2, -0.15) is 0 Å². The summed E-state index contributed by atoms with van der Waals surface area (Å²) in [6.45, 7) is 0.133. The zero-order chi connectivity index (χ0) is 14.4. The minimum atomic E-state index is -0.372. The fraction of sp³-hybridized carbons (Fsp3) is 0.133. The molecule has 0 unspecified atom stereocenters. The Hall–Kier alpha value is -2.01. The highest BCUT2D eigenvalue weighted by atomic mass is 32.2. The number of rotatable bonds is 5. The summed E-state index contributed by atoms with van der Waals surface area (Å²) in [5.74, 6) is -0.589. The summed E-state index contributed by atoms with van der Waals surface area (Å²) in [5, 5.41) is 5.67. The minimum absolute atomic E-state index is 0.133. The third kappa shape index (κ3) is 4.28. The van der Waals surface area contributed by atoms with E-state index in [1.807, 2.05) is 30.5 Å². The second-order valence-electron chi connectivity index (χ2n) is 4.14. The van der Waals surface area contributed by atoms with Crippen LogP contribution in [-0.4, -0.2) is 18.7 Å². The molecule has 0 saturated carbocycles. The molecule has 2 aromatic rings. The van der Waals surface area contributed by atoms with E-state index in [9.17, 15) is 9.18 Å². The van der Waals surface area contributed by atoms with Crippen molar-refractivity contribution in [3.8, 4) is 0 Å². The van der Waals surface area contributed by atoms with Gasteiger partial charge in [-0.05, 0) is 42.7 Å². The number of nitrogens with one attached hydrogen (secondary N) is 2. The Morgan fingerprint density at radius 2 is 1.90 bits per heavy atom. The number of anilines is 2. The fourth-order valence-electron chi connectivity index (χ4n) is 1.69. The predicted molar refractivity (Wildman–Crippen MR) is 81.7 cm³/mol. The molecular formula is C15H15FN2OS. The quantitative estimate of drug-likeness (QED) is 0.827. The molecule has 0 bridgehead atoms. The highest BCUT2D eigenvalue weighted by Crippen LogP contribution is 2.18. The summed E-state index contributed by atoms with van der Waals surface area (Å²) in [5.41, 5.74) is 1.33. The topological polar surface area (TPSA) is 41.1 Å². The maximum Gasteiger partial charge on any atom is 0.243 e. The molecule has 2 N–H and O–H groups in total. The first-order valence-electron chi connectivity index (χ1n) is 6.11. The number of thioether (sulfide) groups is 1. The van der Waals surface area contributed by atoms with E-state index < -0.39 is 0 Å². The number of hydrogen-bond acceptors (Lipinski definition) is 3. The normalized spacial score (nSPS) is 10.1. The SMILES string of the molecule is CSc1cccc(NCC(=O)Nc2cccc(F)c2)c1. The van der Waals surface area contributed by atoms with Crippen LogP contribution in [0, 0.1) is 5.82 Å². The van der Waals surface area contributed by atoms with E-state index in [2.05, 4.69) is 10.6 Å². The Morgan fingerprint density at radius 3 is 2.65 bits per heavy atom. The molecule has 0 aliphatic heterocycles. The molecule has 0 aliphatic rings. The Bertz CT molecular complexity index is 604. The van der Waals surface area contributed by atoms with E-state index >= 15 is 0 Å². The van der Waals surface area contributed by atoms with Crippen molar-refractivity contribution in [3.63, 3.8) is 0 Å². The van der Waals surface area contributed by atoms with Gasteiger partial charge < -0.3 is 10.6 Å². The van der Waals surface area contributed by atoms with E-state index in [1.54, 1.807) is 23.9 Å². The number of halogens is 1. The Kier molecular flexibility index (Phi) is 5.01. The van der Waals surface area contributed by atoms with Gasteiger partial charge in [-0.15, -0.1) is 11.8 Å². The van der Waals surface area contributed by atoms with Gasteiger partial charge in [-0.3, -0.25) is 4.79 Å². The molecule has 0 atom stereocenters. The Morgan fingerprint density at radius 1 is 1.15 bits per heavy atom.